The van der Waals surface area contributed by atoms with Crippen LogP contribution in [0.5, 0.6) is 0 Å². The lowest BCUT2D eigenvalue weighted by Crippen LogP contribution is -2.37. The summed E-state index contributed by atoms with van der Waals surface area (Å²) in [5, 5.41) is 16.0. The van der Waals surface area contributed by atoms with Gasteiger partial charge in [0.2, 0.25) is 5.91 Å². The Morgan fingerprint density at radius 3 is 2.61 bits per heavy atom. The van der Waals surface area contributed by atoms with Crippen LogP contribution in [0, 0.1) is 12.8 Å². The van der Waals surface area contributed by atoms with E-state index < -0.39 is 6.10 Å². The van der Waals surface area contributed by atoms with E-state index >= 15 is 0 Å². The van der Waals surface area contributed by atoms with Crippen molar-refractivity contribution in [2.75, 3.05) is 13.1 Å². The van der Waals surface area contributed by atoms with Crippen molar-refractivity contribution in [3.8, 4) is 0 Å². The summed E-state index contributed by atoms with van der Waals surface area (Å²) in [5.41, 5.74) is 1.51. The summed E-state index contributed by atoms with van der Waals surface area (Å²) in [6.07, 6.45) is 3.54. The van der Waals surface area contributed by atoms with Gasteiger partial charge in [-0.05, 0) is 37.1 Å². The van der Waals surface area contributed by atoms with Crippen molar-refractivity contribution in [2.24, 2.45) is 5.92 Å². The van der Waals surface area contributed by atoms with Crippen LogP contribution in [0.4, 0.5) is 0 Å². The van der Waals surface area contributed by atoms with E-state index in [0.29, 0.717) is 24.0 Å². The Balaban J connectivity index is 1.49. The molecule has 1 fully saturated rings. The van der Waals surface area contributed by atoms with Crippen LogP contribution >= 0.6 is 0 Å². The molecule has 0 aliphatic carbocycles. The number of rotatable bonds is 4. The van der Waals surface area contributed by atoms with E-state index in [1.54, 1.807) is 29.4 Å². The molecule has 0 bridgehead atoms. The molecule has 1 aromatic carbocycles. The third-order valence-electron chi connectivity index (χ3n) is 5.34. The van der Waals surface area contributed by atoms with Gasteiger partial charge >= 0.3 is 0 Å². The minimum Gasteiger partial charge on any atom is -0.391 e. The van der Waals surface area contributed by atoms with E-state index in [9.17, 15) is 14.7 Å². The molecule has 7 heteroatoms. The van der Waals surface area contributed by atoms with E-state index in [1.165, 1.54) is 4.68 Å². The number of hydrogen-bond acceptors (Lipinski definition) is 5. The Morgan fingerprint density at radius 2 is 1.86 bits per heavy atom. The highest BCUT2D eigenvalue weighted by molar-refractivity contribution is 5.83. The Kier molecular flexibility index (Phi) is 4.92. The number of β-amino-alcohol motifs (C(OH)–C–C–N with tert-alkyl or cyclic N) is 1. The number of likely N-dealkylation sites (tertiary alicyclic amines) is 1. The zero-order chi connectivity index (χ0) is 19.7. The molecule has 1 saturated heterocycles. The van der Waals surface area contributed by atoms with Gasteiger partial charge in [0.15, 0.2) is 0 Å². The first-order chi connectivity index (χ1) is 13.5. The maximum Gasteiger partial charge on any atom is 0.275 e. The molecule has 2 aromatic heterocycles. The SMILES string of the molecule is Cc1nn(CC(=O)N2C[C@@H](Cc3ccncc3)[C@@H](O)C2)c(=O)c2ccccc12. The summed E-state index contributed by atoms with van der Waals surface area (Å²) in [6.45, 7) is 2.44. The van der Waals surface area contributed by atoms with Crippen molar-refractivity contribution < 1.29 is 9.90 Å². The number of aromatic nitrogens is 3. The van der Waals surface area contributed by atoms with Gasteiger partial charge < -0.3 is 10.0 Å². The zero-order valence-electron chi connectivity index (χ0n) is 15.7. The molecule has 4 rings (SSSR count). The Bertz CT molecular complexity index is 1060. The second-order valence-electron chi connectivity index (χ2n) is 7.28. The Labute approximate surface area is 162 Å². The van der Waals surface area contributed by atoms with E-state index in [0.717, 1.165) is 10.9 Å². The average Bonchev–Trinajstić information content (AvgIpc) is 3.07. The van der Waals surface area contributed by atoms with Gasteiger partial charge in [0.1, 0.15) is 6.54 Å². The zero-order valence-corrected chi connectivity index (χ0v) is 15.7. The predicted molar refractivity (Wildman–Crippen MR) is 105 cm³/mol. The lowest BCUT2D eigenvalue weighted by atomic mass is 9.97. The number of aliphatic hydroxyl groups excluding tert-OH is 1. The van der Waals surface area contributed by atoms with Crippen LogP contribution in [-0.2, 0) is 17.8 Å². The van der Waals surface area contributed by atoms with Crippen LogP contribution < -0.4 is 5.56 Å². The van der Waals surface area contributed by atoms with Crippen LogP contribution in [0.1, 0.15) is 11.3 Å². The van der Waals surface area contributed by atoms with Crippen molar-refractivity contribution in [2.45, 2.75) is 26.0 Å². The second-order valence-corrected chi connectivity index (χ2v) is 7.28. The summed E-state index contributed by atoms with van der Waals surface area (Å²) < 4.78 is 1.22. The van der Waals surface area contributed by atoms with Crippen molar-refractivity contribution in [1.82, 2.24) is 19.7 Å². The molecule has 28 heavy (non-hydrogen) atoms. The van der Waals surface area contributed by atoms with Gasteiger partial charge in [-0.15, -0.1) is 0 Å². The lowest BCUT2D eigenvalue weighted by Gasteiger charge is -2.17. The number of carbonyl (C=O) groups is 1. The third-order valence-corrected chi connectivity index (χ3v) is 5.34. The predicted octanol–water partition coefficient (Wildman–Crippen LogP) is 1.16. The number of aliphatic hydroxyl groups is 1. The Morgan fingerprint density at radius 1 is 1.14 bits per heavy atom. The minimum atomic E-state index is -0.583. The molecule has 0 saturated carbocycles. The molecule has 1 aliphatic rings. The standard InChI is InChI=1S/C21H22N4O3/c1-14-17-4-2-3-5-18(17)21(28)25(23-14)13-20(27)24-11-16(19(26)12-24)10-15-6-8-22-9-7-15/h2-9,16,19,26H,10-13H2,1H3/t16-,19+/m1/s1. The van der Waals surface area contributed by atoms with Crippen LogP contribution in [0.3, 0.4) is 0 Å². The van der Waals surface area contributed by atoms with Gasteiger partial charge in [0.25, 0.3) is 5.56 Å². The largest absolute Gasteiger partial charge is 0.391 e. The first-order valence-corrected chi connectivity index (χ1v) is 9.34. The maximum absolute atomic E-state index is 12.8. The van der Waals surface area contributed by atoms with Crippen molar-refractivity contribution in [1.29, 1.82) is 0 Å². The molecule has 1 aliphatic heterocycles. The van der Waals surface area contributed by atoms with Gasteiger partial charge in [0, 0.05) is 36.8 Å². The van der Waals surface area contributed by atoms with E-state index in [4.69, 9.17) is 0 Å². The molecule has 2 atom stereocenters. The fraction of sp³-hybridized carbons (Fsp3) is 0.333. The van der Waals surface area contributed by atoms with Gasteiger partial charge in [-0.2, -0.15) is 5.10 Å². The normalized spacial score (nSPS) is 19.3. The summed E-state index contributed by atoms with van der Waals surface area (Å²) in [4.78, 5) is 31.1. The molecule has 3 heterocycles. The van der Waals surface area contributed by atoms with Crippen LogP contribution in [0.25, 0.3) is 10.8 Å². The van der Waals surface area contributed by atoms with Crippen molar-refractivity contribution >= 4 is 16.7 Å². The number of hydrogen-bond donors (Lipinski definition) is 1. The molecule has 3 aromatic rings. The number of fused-ring (bicyclic) bond motifs is 1. The van der Waals surface area contributed by atoms with Crippen molar-refractivity contribution in [3.63, 3.8) is 0 Å². The highest BCUT2D eigenvalue weighted by Gasteiger charge is 2.34. The number of pyridine rings is 1. The highest BCUT2D eigenvalue weighted by atomic mass is 16.3. The molecule has 0 radical (unpaired) electrons. The molecule has 1 N–H and O–H groups in total. The lowest BCUT2D eigenvalue weighted by molar-refractivity contribution is -0.131. The first kappa shape index (κ1) is 18.3. The van der Waals surface area contributed by atoms with Gasteiger partial charge in [0.05, 0.1) is 17.2 Å². The number of aryl methyl sites for hydroxylation is 1. The van der Waals surface area contributed by atoms with Crippen molar-refractivity contribution in [3.05, 3.63) is 70.4 Å². The monoisotopic (exact) mass is 378 g/mol. The fourth-order valence-corrected chi connectivity index (χ4v) is 3.82. The molecule has 1 amide bonds. The number of nitrogens with zero attached hydrogens (tertiary/aromatic N) is 4. The minimum absolute atomic E-state index is 0.0330. The van der Waals surface area contributed by atoms with Gasteiger partial charge in [-0.1, -0.05) is 18.2 Å². The fourth-order valence-electron chi connectivity index (χ4n) is 3.82. The summed E-state index contributed by atoms with van der Waals surface area (Å²) in [7, 11) is 0. The number of benzene rings is 1. The average molecular weight is 378 g/mol. The molecule has 144 valence electrons. The first-order valence-electron chi connectivity index (χ1n) is 9.34. The molecular formula is C21H22N4O3. The molecule has 0 spiro atoms. The molecule has 7 nitrogen and oxygen atoms in total. The highest BCUT2D eigenvalue weighted by Crippen LogP contribution is 2.22. The second kappa shape index (κ2) is 7.52. The summed E-state index contributed by atoms with van der Waals surface area (Å²) in [6, 6.07) is 11.1. The topological polar surface area (TPSA) is 88.3 Å². The smallest absolute Gasteiger partial charge is 0.275 e. The number of carbonyl (C=O) groups excluding carboxylic acids is 1. The summed E-state index contributed by atoms with van der Waals surface area (Å²) >= 11 is 0. The van der Waals surface area contributed by atoms with Crippen LogP contribution in [0.15, 0.2) is 53.6 Å². The molecular weight excluding hydrogens is 356 g/mol. The van der Waals surface area contributed by atoms with Crippen LogP contribution in [0.2, 0.25) is 0 Å². The third kappa shape index (κ3) is 3.53. The van der Waals surface area contributed by atoms with E-state index in [2.05, 4.69) is 10.1 Å². The van der Waals surface area contributed by atoms with Crippen LogP contribution in [-0.4, -0.2) is 49.9 Å². The molecule has 0 unspecified atom stereocenters. The summed E-state index contributed by atoms with van der Waals surface area (Å²) in [5.74, 6) is -0.241. The number of amides is 1. The Hall–Kier alpha value is -3.06. The van der Waals surface area contributed by atoms with Gasteiger partial charge in [-0.25, -0.2) is 4.68 Å². The van der Waals surface area contributed by atoms with E-state index in [1.807, 2.05) is 31.2 Å². The maximum atomic E-state index is 12.8. The van der Waals surface area contributed by atoms with Gasteiger partial charge in [-0.3, -0.25) is 14.6 Å². The van der Waals surface area contributed by atoms with E-state index in [-0.39, 0.29) is 30.5 Å². The quantitative estimate of drug-likeness (QED) is 0.736.